The van der Waals surface area contributed by atoms with E-state index in [1.165, 1.54) is 0 Å². The zero-order valence-corrected chi connectivity index (χ0v) is 14.4. The molecule has 1 aromatic rings. The lowest BCUT2D eigenvalue weighted by atomic mass is 10.2. The van der Waals surface area contributed by atoms with Crippen molar-refractivity contribution < 1.29 is 4.79 Å². The summed E-state index contributed by atoms with van der Waals surface area (Å²) in [5.74, 6) is 0.0768. The molecule has 0 saturated carbocycles. The molecule has 0 unspecified atom stereocenters. The Balaban J connectivity index is 3.00. The molecular weight excluding hydrogens is 338 g/mol. The van der Waals surface area contributed by atoms with Crippen LogP contribution in [0.4, 0.5) is 5.69 Å². The molecule has 0 aliphatic carbocycles. The summed E-state index contributed by atoms with van der Waals surface area (Å²) < 4.78 is 0.848. The predicted molar refractivity (Wildman–Crippen MR) is 91.2 cm³/mol. The largest absolute Gasteiger partial charge is 0.389 e. The number of carbonyl (C=O) groups excluding carboxylic acids is 1. The number of anilines is 1. The fraction of sp³-hybridized carbons (Fsp3) is 0.429. The summed E-state index contributed by atoms with van der Waals surface area (Å²) in [6.45, 7) is 3.27. The topological polar surface area (TPSA) is 49.6 Å². The van der Waals surface area contributed by atoms with Crippen molar-refractivity contribution in [2.75, 3.05) is 32.1 Å². The van der Waals surface area contributed by atoms with Gasteiger partial charge in [0.2, 0.25) is 5.91 Å². The Morgan fingerprint density at radius 1 is 1.40 bits per heavy atom. The molecule has 0 bridgehead atoms. The van der Waals surface area contributed by atoms with Gasteiger partial charge >= 0.3 is 0 Å². The van der Waals surface area contributed by atoms with Crippen molar-refractivity contribution in [2.45, 2.75) is 13.3 Å². The van der Waals surface area contributed by atoms with Gasteiger partial charge in [-0.1, -0.05) is 19.1 Å². The Kier molecular flexibility index (Phi) is 6.42. The summed E-state index contributed by atoms with van der Waals surface area (Å²) in [7, 11) is 3.52. The van der Waals surface area contributed by atoms with Gasteiger partial charge in [-0.05, 0) is 40.5 Å². The Labute approximate surface area is 134 Å². The van der Waals surface area contributed by atoms with Gasteiger partial charge in [0.05, 0.1) is 6.54 Å². The van der Waals surface area contributed by atoms with E-state index in [9.17, 15) is 4.79 Å². The molecule has 0 aliphatic rings. The van der Waals surface area contributed by atoms with Crippen molar-refractivity contribution in [3.05, 3.63) is 28.2 Å². The van der Waals surface area contributed by atoms with Crippen LogP contribution in [0.15, 0.2) is 22.7 Å². The number of amides is 1. The molecule has 6 heteroatoms. The fourth-order valence-electron chi connectivity index (χ4n) is 1.77. The minimum Gasteiger partial charge on any atom is -0.389 e. The van der Waals surface area contributed by atoms with Crippen LogP contribution in [0.25, 0.3) is 0 Å². The maximum Gasteiger partial charge on any atom is 0.241 e. The van der Waals surface area contributed by atoms with E-state index in [-0.39, 0.29) is 5.91 Å². The zero-order chi connectivity index (χ0) is 15.3. The maximum absolute atomic E-state index is 11.9. The van der Waals surface area contributed by atoms with Crippen molar-refractivity contribution in [2.24, 2.45) is 5.73 Å². The average molecular weight is 358 g/mol. The van der Waals surface area contributed by atoms with E-state index in [1.807, 2.05) is 18.2 Å². The molecule has 1 aromatic carbocycles. The lowest BCUT2D eigenvalue weighted by Crippen LogP contribution is -2.37. The van der Waals surface area contributed by atoms with Gasteiger partial charge in [0, 0.05) is 36.4 Å². The number of rotatable bonds is 6. The zero-order valence-electron chi connectivity index (χ0n) is 12.0. The minimum absolute atomic E-state index is 0.0768. The Morgan fingerprint density at radius 3 is 2.50 bits per heavy atom. The van der Waals surface area contributed by atoms with Gasteiger partial charge in [-0.15, -0.1) is 0 Å². The van der Waals surface area contributed by atoms with Crippen LogP contribution in [0.5, 0.6) is 0 Å². The first-order valence-electron chi connectivity index (χ1n) is 6.41. The van der Waals surface area contributed by atoms with E-state index in [0.717, 1.165) is 28.7 Å². The van der Waals surface area contributed by atoms with E-state index in [4.69, 9.17) is 18.0 Å². The predicted octanol–water partition coefficient (Wildman–Crippen LogP) is 2.39. The Bertz CT molecular complexity index is 505. The van der Waals surface area contributed by atoms with E-state index in [1.54, 1.807) is 19.0 Å². The van der Waals surface area contributed by atoms with Gasteiger partial charge in [-0.3, -0.25) is 4.79 Å². The molecule has 4 nitrogen and oxygen atoms in total. The highest BCUT2D eigenvalue weighted by molar-refractivity contribution is 9.10. The molecule has 0 aliphatic heterocycles. The first-order chi connectivity index (χ1) is 9.36. The number of likely N-dealkylation sites (N-methyl/N-ethyl adjacent to an activating group) is 1. The molecular formula is C14H20BrN3OS. The van der Waals surface area contributed by atoms with Crippen LogP contribution in [-0.2, 0) is 4.79 Å². The molecule has 0 heterocycles. The molecule has 1 rings (SSSR count). The highest BCUT2D eigenvalue weighted by Crippen LogP contribution is 2.24. The summed E-state index contributed by atoms with van der Waals surface area (Å²) in [4.78, 5) is 15.9. The van der Waals surface area contributed by atoms with E-state index in [2.05, 4.69) is 27.8 Å². The lowest BCUT2D eigenvalue weighted by Gasteiger charge is -2.25. The summed E-state index contributed by atoms with van der Waals surface area (Å²) in [5, 5.41) is 0. The van der Waals surface area contributed by atoms with E-state index < -0.39 is 0 Å². The van der Waals surface area contributed by atoms with Crippen LogP contribution in [0.2, 0.25) is 0 Å². The quantitative estimate of drug-likeness (QED) is 0.794. The first-order valence-corrected chi connectivity index (χ1v) is 7.61. The number of thiocarbonyl (C=S) groups is 1. The molecule has 110 valence electrons. The molecule has 0 radical (unpaired) electrons. The van der Waals surface area contributed by atoms with Crippen LogP contribution in [0.1, 0.15) is 18.9 Å². The Morgan fingerprint density at radius 2 is 2.05 bits per heavy atom. The van der Waals surface area contributed by atoms with Crippen LogP contribution >= 0.6 is 28.1 Å². The number of nitrogens with zero attached hydrogens (tertiary/aromatic N) is 2. The number of halogens is 1. The Hall–Kier alpha value is -1.14. The second-order valence-electron chi connectivity index (χ2n) is 4.74. The molecule has 0 saturated heterocycles. The van der Waals surface area contributed by atoms with Crippen molar-refractivity contribution in [3.63, 3.8) is 0 Å². The monoisotopic (exact) mass is 357 g/mol. The molecule has 2 N–H and O–H groups in total. The van der Waals surface area contributed by atoms with E-state index in [0.29, 0.717) is 11.5 Å². The standard InChI is InChI=1S/C14H20BrN3OS/c1-4-7-18(9-13(19)17(2)3)10-5-6-11(14(16)20)12(15)8-10/h5-6,8H,4,7,9H2,1-3H3,(H2,16,20). The van der Waals surface area contributed by atoms with Crippen molar-refractivity contribution in [3.8, 4) is 0 Å². The number of benzene rings is 1. The third kappa shape index (κ3) is 4.45. The molecule has 1 amide bonds. The van der Waals surface area contributed by atoms with Crippen LogP contribution in [0.3, 0.4) is 0 Å². The molecule has 0 atom stereocenters. The van der Waals surface area contributed by atoms with Gasteiger partial charge in [0.15, 0.2) is 0 Å². The van der Waals surface area contributed by atoms with Gasteiger partial charge in [0.1, 0.15) is 4.99 Å². The van der Waals surface area contributed by atoms with Crippen molar-refractivity contribution in [1.82, 2.24) is 4.90 Å². The van der Waals surface area contributed by atoms with Gasteiger partial charge in [-0.25, -0.2) is 0 Å². The highest BCUT2D eigenvalue weighted by Gasteiger charge is 2.14. The van der Waals surface area contributed by atoms with Crippen LogP contribution in [-0.4, -0.2) is 43.0 Å². The summed E-state index contributed by atoms with van der Waals surface area (Å²) in [6, 6.07) is 5.77. The minimum atomic E-state index is 0.0768. The fourth-order valence-corrected chi connectivity index (χ4v) is 2.66. The molecule has 0 aromatic heterocycles. The number of nitrogens with two attached hydrogens (primary N) is 1. The van der Waals surface area contributed by atoms with Gasteiger partial charge in [0.25, 0.3) is 0 Å². The smallest absolute Gasteiger partial charge is 0.241 e. The molecule has 0 fully saturated rings. The maximum atomic E-state index is 11.9. The average Bonchev–Trinajstić information content (AvgIpc) is 2.37. The van der Waals surface area contributed by atoms with Gasteiger partial charge in [-0.2, -0.15) is 0 Å². The number of hydrogen-bond donors (Lipinski definition) is 1. The number of carbonyl (C=O) groups is 1. The van der Waals surface area contributed by atoms with Crippen molar-refractivity contribution >= 4 is 44.7 Å². The summed E-state index contributed by atoms with van der Waals surface area (Å²) >= 11 is 8.46. The number of hydrogen-bond acceptors (Lipinski definition) is 3. The highest BCUT2D eigenvalue weighted by atomic mass is 79.9. The molecule has 20 heavy (non-hydrogen) atoms. The van der Waals surface area contributed by atoms with Gasteiger partial charge < -0.3 is 15.5 Å². The van der Waals surface area contributed by atoms with Crippen LogP contribution in [0, 0.1) is 0 Å². The lowest BCUT2D eigenvalue weighted by molar-refractivity contribution is -0.127. The van der Waals surface area contributed by atoms with Crippen molar-refractivity contribution in [1.29, 1.82) is 0 Å². The SMILES string of the molecule is CCCN(CC(=O)N(C)C)c1ccc(C(N)=S)c(Br)c1. The normalized spacial score (nSPS) is 10.2. The van der Waals surface area contributed by atoms with E-state index >= 15 is 0 Å². The van der Waals surface area contributed by atoms with Crippen LogP contribution < -0.4 is 10.6 Å². The second kappa shape index (κ2) is 7.59. The third-order valence-electron chi connectivity index (χ3n) is 2.90. The summed E-state index contributed by atoms with van der Waals surface area (Å²) in [6.07, 6.45) is 0.968. The first kappa shape index (κ1) is 16.9. The summed E-state index contributed by atoms with van der Waals surface area (Å²) in [5.41, 5.74) is 7.43. The second-order valence-corrected chi connectivity index (χ2v) is 6.03. The third-order valence-corrected chi connectivity index (χ3v) is 3.78. The molecule has 0 spiro atoms.